The lowest BCUT2D eigenvalue weighted by Gasteiger charge is -2.07. The fourth-order valence-corrected chi connectivity index (χ4v) is 2.50. The van der Waals surface area contributed by atoms with Gasteiger partial charge in [-0.3, -0.25) is 4.68 Å². The van der Waals surface area contributed by atoms with Crippen LogP contribution in [-0.2, 0) is 13.7 Å². The van der Waals surface area contributed by atoms with Gasteiger partial charge in [-0.25, -0.2) is 13.3 Å². The number of halogens is 2. The molecule has 0 aliphatic rings. The summed E-state index contributed by atoms with van der Waals surface area (Å²) in [6.45, 7) is -0.122. The van der Waals surface area contributed by atoms with Gasteiger partial charge in [-0.2, -0.15) is 15.2 Å². The number of nitrogens with zero attached hydrogens (tertiary/aromatic N) is 5. The average Bonchev–Trinajstić information content (AvgIpc) is 3.21. The fraction of sp³-hybridized carbons (Fsp3) is 0.118. The van der Waals surface area contributed by atoms with Gasteiger partial charge in [0.2, 0.25) is 5.88 Å². The molecule has 0 amide bonds. The monoisotopic (exact) mass is 341 g/mol. The molecule has 3 aromatic heterocycles. The molecule has 0 N–H and O–H groups in total. The Kier molecular flexibility index (Phi) is 3.64. The Balaban J connectivity index is 1.63. The maximum atomic E-state index is 13.7. The summed E-state index contributed by atoms with van der Waals surface area (Å²) in [4.78, 5) is 4.41. The van der Waals surface area contributed by atoms with E-state index in [2.05, 4.69) is 15.2 Å². The van der Waals surface area contributed by atoms with Crippen molar-refractivity contribution in [3.05, 3.63) is 66.3 Å². The van der Waals surface area contributed by atoms with Gasteiger partial charge in [-0.1, -0.05) is 0 Å². The number of hydrogen-bond donors (Lipinski definition) is 0. The van der Waals surface area contributed by atoms with Crippen molar-refractivity contribution in [2.24, 2.45) is 7.05 Å². The Morgan fingerprint density at radius 1 is 1.12 bits per heavy atom. The first kappa shape index (κ1) is 15.3. The third-order valence-corrected chi connectivity index (χ3v) is 3.74. The molecular formula is C17H13F2N5O. The number of fused-ring (bicyclic) bond motifs is 1. The van der Waals surface area contributed by atoms with Crippen molar-refractivity contribution >= 4 is 5.65 Å². The van der Waals surface area contributed by atoms with Crippen LogP contribution >= 0.6 is 0 Å². The van der Waals surface area contributed by atoms with Crippen LogP contribution in [0.25, 0.3) is 16.8 Å². The molecule has 3 heterocycles. The molecule has 4 aromatic rings. The molecule has 0 saturated carbocycles. The Hall–Kier alpha value is -3.29. The highest BCUT2D eigenvalue weighted by Crippen LogP contribution is 2.24. The van der Waals surface area contributed by atoms with E-state index in [1.54, 1.807) is 33.9 Å². The summed E-state index contributed by atoms with van der Waals surface area (Å²) in [5.74, 6) is -0.747. The van der Waals surface area contributed by atoms with E-state index in [1.165, 1.54) is 0 Å². The predicted molar refractivity (Wildman–Crippen MR) is 85.9 cm³/mol. The van der Waals surface area contributed by atoms with Gasteiger partial charge in [-0.15, -0.1) is 0 Å². The number of ether oxygens (including phenoxy) is 1. The number of rotatable bonds is 4. The lowest BCUT2D eigenvalue weighted by molar-refractivity contribution is 0.287. The van der Waals surface area contributed by atoms with Crippen molar-refractivity contribution in [2.45, 2.75) is 6.61 Å². The summed E-state index contributed by atoms with van der Waals surface area (Å²) in [6, 6.07) is 4.86. The minimum absolute atomic E-state index is 0.122. The van der Waals surface area contributed by atoms with Crippen molar-refractivity contribution in [1.82, 2.24) is 24.4 Å². The quantitative estimate of drug-likeness (QED) is 0.573. The molecule has 0 spiro atoms. The van der Waals surface area contributed by atoms with Crippen LogP contribution in [0.5, 0.6) is 5.88 Å². The number of aryl methyl sites for hydroxylation is 1. The molecule has 1 aromatic carbocycles. The Labute approximate surface area is 141 Å². The average molecular weight is 341 g/mol. The highest BCUT2D eigenvalue weighted by atomic mass is 19.1. The summed E-state index contributed by atoms with van der Waals surface area (Å²) in [5.41, 5.74) is 2.39. The summed E-state index contributed by atoms with van der Waals surface area (Å²) in [5, 5.41) is 8.38. The molecule has 0 saturated heterocycles. The normalized spacial score (nSPS) is 11.2. The first-order valence-electron chi connectivity index (χ1n) is 7.50. The van der Waals surface area contributed by atoms with Crippen LogP contribution < -0.4 is 4.74 Å². The van der Waals surface area contributed by atoms with Crippen molar-refractivity contribution in [3.63, 3.8) is 0 Å². The topological polar surface area (TPSA) is 57.2 Å². The second-order valence-corrected chi connectivity index (χ2v) is 5.52. The lowest BCUT2D eigenvalue weighted by Crippen LogP contribution is -2.02. The molecule has 4 rings (SSSR count). The Bertz CT molecular complexity index is 1060. The zero-order valence-electron chi connectivity index (χ0n) is 13.2. The van der Waals surface area contributed by atoms with E-state index in [1.807, 2.05) is 13.2 Å². The first-order chi connectivity index (χ1) is 12.1. The van der Waals surface area contributed by atoms with Crippen LogP contribution in [0.4, 0.5) is 8.78 Å². The van der Waals surface area contributed by atoms with Crippen LogP contribution in [0.2, 0.25) is 0 Å². The van der Waals surface area contributed by atoms with Gasteiger partial charge in [0.05, 0.1) is 12.4 Å². The second-order valence-electron chi connectivity index (χ2n) is 5.52. The SMILES string of the molecule is Cn1cc(-c2cnn3ccc(OCc4cc(F)ccc4F)nc23)cn1. The van der Waals surface area contributed by atoms with Crippen LogP contribution in [0.3, 0.4) is 0 Å². The minimum Gasteiger partial charge on any atom is -0.473 e. The molecule has 0 bridgehead atoms. The van der Waals surface area contributed by atoms with Crippen LogP contribution in [-0.4, -0.2) is 24.4 Å². The zero-order valence-corrected chi connectivity index (χ0v) is 13.2. The second kappa shape index (κ2) is 5.97. The van der Waals surface area contributed by atoms with Gasteiger partial charge >= 0.3 is 0 Å². The fourth-order valence-electron chi connectivity index (χ4n) is 2.50. The van der Waals surface area contributed by atoms with Gasteiger partial charge in [0, 0.05) is 42.2 Å². The zero-order chi connectivity index (χ0) is 17.4. The van der Waals surface area contributed by atoms with Crippen molar-refractivity contribution in [2.75, 3.05) is 0 Å². The molecular weight excluding hydrogens is 328 g/mol. The maximum Gasteiger partial charge on any atom is 0.217 e. The van der Waals surface area contributed by atoms with Crippen molar-refractivity contribution < 1.29 is 13.5 Å². The molecule has 25 heavy (non-hydrogen) atoms. The van der Waals surface area contributed by atoms with E-state index < -0.39 is 11.6 Å². The van der Waals surface area contributed by atoms with Crippen LogP contribution in [0, 0.1) is 11.6 Å². The van der Waals surface area contributed by atoms with E-state index in [0.29, 0.717) is 11.5 Å². The van der Waals surface area contributed by atoms with Gasteiger partial charge < -0.3 is 4.74 Å². The third kappa shape index (κ3) is 2.93. The van der Waals surface area contributed by atoms with E-state index in [4.69, 9.17) is 4.74 Å². The van der Waals surface area contributed by atoms with E-state index in [0.717, 1.165) is 29.3 Å². The summed E-state index contributed by atoms with van der Waals surface area (Å²) < 4.78 is 35.7. The van der Waals surface area contributed by atoms with Gasteiger partial charge in [-0.05, 0) is 18.2 Å². The Morgan fingerprint density at radius 3 is 2.80 bits per heavy atom. The molecule has 0 unspecified atom stereocenters. The largest absolute Gasteiger partial charge is 0.473 e. The lowest BCUT2D eigenvalue weighted by atomic mass is 10.2. The Morgan fingerprint density at radius 2 is 2.00 bits per heavy atom. The molecule has 0 radical (unpaired) electrons. The number of aromatic nitrogens is 5. The standard InChI is InChI=1S/C17H13F2N5O/c1-23-9-12(7-20-23)14-8-21-24-5-4-16(22-17(14)24)25-10-11-6-13(18)2-3-15(11)19/h2-9H,10H2,1H3. The molecule has 126 valence electrons. The van der Waals surface area contributed by atoms with Gasteiger partial charge in [0.1, 0.15) is 18.2 Å². The molecule has 0 aliphatic carbocycles. The summed E-state index contributed by atoms with van der Waals surface area (Å²) >= 11 is 0. The highest BCUT2D eigenvalue weighted by molar-refractivity contribution is 5.76. The molecule has 0 atom stereocenters. The third-order valence-electron chi connectivity index (χ3n) is 3.74. The molecule has 8 heteroatoms. The van der Waals surface area contributed by atoms with Crippen LogP contribution in [0.15, 0.2) is 49.1 Å². The van der Waals surface area contributed by atoms with Crippen molar-refractivity contribution in [3.8, 4) is 17.0 Å². The number of benzene rings is 1. The van der Waals surface area contributed by atoms with E-state index >= 15 is 0 Å². The predicted octanol–water partition coefficient (Wildman–Crippen LogP) is 2.99. The summed E-state index contributed by atoms with van der Waals surface area (Å²) in [6.07, 6.45) is 6.96. The minimum atomic E-state index is -0.525. The van der Waals surface area contributed by atoms with E-state index in [9.17, 15) is 8.78 Å². The first-order valence-corrected chi connectivity index (χ1v) is 7.50. The smallest absolute Gasteiger partial charge is 0.217 e. The van der Waals surface area contributed by atoms with Gasteiger partial charge in [0.15, 0.2) is 5.65 Å². The highest BCUT2D eigenvalue weighted by Gasteiger charge is 2.12. The molecule has 0 fully saturated rings. The van der Waals surface area contributed by atoms with Crippen molar-refractivity contribution in [1.29, 1.82) is 0 Å². The number of hydrogen-bond acceptors (Lipinski definition) is 4. The van der Waals surface area contributed by atoms with Gasteiger partial charge in [0.25, 0.3) is 0 Å². The van der Waals surface area contributed by atoms with Crippen LogP contribution in [0.1, 0.15) is 5.56 Å². The maximum absolute atomic E-state index is 13.7. The summed E-state index contributed by atoms with van der Waals surface area (Å²) in [7, 11) is 1.82. The molecule has 6 nitrogen and oxygen atoms in total. The van der Waals surface area contributed by atoms with E-state index in [-0.39, 0.29) is 12.2 Å². The molecule has 0 aliphatic heterocycles.